The number of hydrogen-bond acceptors (Lipinski definition) is 4. The van der Waals surface area contributed by atoms with E-state index >= 15 is 0 Å². The van der Waals surface area contributed by atoms with Gasteiger partial charge in [-0.25, -0.2) is 4.98 Å². The first-order valence-electron chi connectivity index (χ1n) is 6.79. The van der Waals surface area contributed by atoms with Crippen molar-refractivity contribution >= 4 is 0 Å². The maximum absolute atomic E-state index is 5.67. The lowest BCUT2D eigenvalue weighted by atomic mass is 10.1. The van der Waals surface area contributed by atoms with Gasteiger partial charge in [-0.15, -0.1) is 0 Å². The van der Waals surface area contributed by atoms with Gasteiger partial charge in [-0.05, 0) is 24.8 Å². The highest BCUT2D eigenvalue weighted by molar-refractivity contribution is 5.18. The van der Waals surface area contributed by atoms with E-state index in [0.717, 1.165) is 38.1 Å². The van der Waals surface area contributed by atoms with Crippen LogP contribution in [0.2, 0.25) is 0 Å². The first kappa shape index (κ1) is 11.9. The van der Waals surface area contributed by atoms with Crippen LogP contribution in [0, 0.1) is 5.92 Å². The minimum atomic E-state index is 0.531. The van der Waals surface area contributed by atoms with E-state index in [2.05, 4.69) is 16.4 Å². The Kier molecular flexibility index (Phi) is 3.76. The molecule has 0 radical (unpaired) electrons. The van der Waals surface area contributed by atoms with Gasteiger partial charge in [0.2, 0.25) is 5.88 Å². The van der Waals surface area contributed by atoms with Crippen molar-refractivity contribution in [2.75, 3.05) is 19.8 Å². The average Bonchev–Trinajstić information content (AvgIpc) is 3.09. The highest BCUT2D eigenvalue weighted by atomic mass is 16.5. The molecule has 4 heteroatoms. The summed E-state index contributed by atoms with van der Waals surface area (Å²) >= 11 is 0. The molecule has 2 heterocycles. The zero-order chi connectivity index (χ0) is 12.2. The molecule has 4 nitrogen and oxygen atoms in total. The van der Waals surface area contributed by atoms with Gasteiger partial charge in [0.1, 0.15) is 0 Å². The number of ether oxygens (including phenoxy) is 2. The molecule has 98 valence electrons. The molecule has 2 fully saturated rings. The number of nitrogens with zero attached hydrogens (tertiary/aromatic N) is 1. The number of pyridine rings is 1. The van der Waals surface area contributed by atoms with Crippen LogP contribution in [0.3, 0.4) is 0 Å². The lowest BCUT2D eigenvalue weighted by Gasteiger charge is -2.10. The van der Waals surface area contributed by atoms with Crippen LogP contribution in [0.4, 0.5) is 0 Å². The lowest BCUT2D eigenvalue weighted by Crippen LogP contribution is -2.15. The predicted molar refractivity (Wildman–Crippen MR) is 68.5 cm³/mol. The molecule has 1 atom stereocenters. The van der Waals surface area contributed by atoms with Crippen LogP contribution in [0.5, 0.6) is 5.88 Å². The molecular weight excluding hydrogens is 228 g/mol. The molecule has 3 rings (SSSR count). The Labute approximate surface area is 108 Å². The summed E-state index contributed by atoms with van der Waals surface area (Å²) in [4.78, 5) is 4.33. The van der Waals surface area contributed by atoms with Gasteiger partial charge in [0, 0.05) is 37.4 Å². The van der Waals surface area contributed by atoms with Crippen LogP contribution >= 0.6 is 0 Å². The summed E-state index contributed by atoms with van der Waals surface area (Å²) in [5.74, 6) is 1.25. The molecule has 0 bridgehead atoms. The van der Waals surface area contributed by atoms with E-state index in [0.29, 0.717) is 12.5 Å². The van der Waals surface area contributed by atoms with E-state index in [1.54, 1.807) is 0 Å². The Bertz CT molecular complexity index is 370. The van der Waals surface area contributed by atoms with Crippen molar-refractivity contribution in [3.63, 3.8) is 0 Å². The average molecular weight is 248 g/mol. The van der Waals surface area contributed by atoms with Crippen LogP contribution in [-0.4, -0.2) is 30.8 Å². The summed E-state index contributed by atoms with van der Waals surface area (Å²) in [5.41, 5.74) is 1.22. The number of hydrogen-bond donors (Lipinski definition) is 1. The molecule has 0 spiro atoms. The van der Waals surface area contributed by atoms with Gasteiger partial charge in [-0.1, -0.05) is 6.07 Å². The summed E-state index contributed by atoms with van der Waals surface area (Å²) in [6.07, 6.45) is 5.63. The SMILES string of the molecule is c1cc(OCC2CCOC2)ncc1CNC1CC1. The molecule has 1 N–H and O–H groups in total. The second kappa shape index (κ2) is 5.67. The molecule has 1 aliphatic carbocycles. The van der Waals surface area contributed by atoms with Crippen molar-refractivity contribution in [2.24, 2.45) is 5.92 Å². The Hall–Kier alpha value is -1.13. The summed E-state index contributed by atoms with van der Waals surface area (Å²) in [7, 11) is 0. The normalized spacial score (nSPS) is 23.2. The smallest absolute Gasteiger partial charge is 0.213 e. The maximum Gasteiger partial charge on any atom is 0.213 e. The monoisotopic (exact) mass is 248 g/mol. The molecule has 1 unspecified atom stereocenters. The van der Waals surface area contributed by atoms with E-state index in [1.807, 2.05) is 12.3 Å². The molecule has 1 aromatic heterocycles. The summed E-state index contributed by atoms with van der Waals surface area (Å²) in [6, 6.07) is 4.78. The first-order valence-corrected chi connectivity index (χ1v) is 6.79. The van der Waals surface area contributed by atoms with E-state index in [4.69, 9.17) is 9.47 Å². The third-order valence-corrected chi connectivity index (χ3v) is 3.46. The zero-order valence-electron chi connectivity index (χ0n) is 10.6. The van der Waals surface area contributed by atoms with Gasteiger partial charge < -0.3 is 14.8 Å². The summed E-state index contributed by atoms with van der Waals surface area (Å²) in [5, 5.41) is 3.47. The molecular formula is C14H20N2O2. The fraction of sp³-hybridized carbons (Fsp3) is 0.643. The zero-order valence-corrected chi connectivity index (χ0v) is 10.6. The number of nitrogens with one attached hydrogen (secondary N) is 1. The van der Waals surface area contributed by atoms with Gasteiger partial charge in [0.25, 0.3) is 0 Å². The first-order chi connectivity index (χ1) is 8.90. The molecule has 0 aromatic carbocycles. The van der Waals surface area contributed by atoms with E-state index in [1.165, 1.54) is 18.4 Å². The Morgan fingerprint density at radius 1 is 1.33 bits per heavy atom. The fourth-order valence-electron chi connectivity index (χ4n) is 2.07. The van der Waals surface area contributed by atoms with Crippen LogP contribution < -0.4 is 10.1 Å². The van der Waals surface area contributed by atoms with Crippen molar-refractivity contribution in [3.8, 4) is 5.88 Å². The second-order valence-corrected chi connectivity index (χ2v) is 5.20. The highest BCUT2D eigenvalue weighted by Gasteiger charge is 2.20. The van der Waals surface area contributed by atoms with Crippen molar-refractivity contribution in [3.05, 3.63) is 23.9 Å². The number of aromatic nitrogens is 1. The molecule has 0 amide bonds. The Morgan fingerprint density at radius 2 is 2.28 bits per heavy atom. The van der Waals surface area contributed by atoms with Gasteiger partial charge in [-0.2, -0.15) is 0 Å². The molecule has 1 aromatic rings. The molecule has 2 aliphatic rings. The molecule has 1 saturated heterocycles. The Balaban J connectivity index is 1.44. The Morgan fingerprint density at radius 3 is 2.94 bits per heavy atom. The van der Waals surface area contributed by atoms with E-state index < -0.39 is 0 Å². The van der Waals surface area contributed by atoms with Gasteiger partial charge in [0.15, 0.2) is 0 Å². The standard InChI is InChI=1S/C14H20N2O2/c1-4-14(18-10-12-5-6-17-9-12)16-8-11(1)7-15-13-2-3-13/h1,4,8,12-13,15H,2-3,5-7,9-10H2. The third kappa shape index (κ3) is 3.43. The molecule has 1 aliphatic heterocycles. The second-order valence-electron chi connectivity index (χ2n) is 5.20. The minimum Gasteiger partial charge on any atom is -0.477 e. The van der Waals surface area contributed by atoms with Crippen LogP contribution in [0.15, 0.2) is 18.3 Å². The largest absolute Gasteiger partial charge is 0.477 e. The quantitative estimate of drug-likeness (QED) is 0.833. The minimum absolute atomic E-state index is 0.531. The molecule has 1 saturated carbocycles. The van der Waals surface area contributed by atoms with Crippen LogP contribution in [0.1, 0.15) is 24.8 Å². The van der Waals surface area contributed by atoms with Crippen molar-refractivity contribution < 1.29 is 9.47 Å². The molecule has 18 heavy (non-hydrogen) atoms. The third-order valence-electron chi connectivity index (χ3n) is 3.46. The van der Waals surface area contributed by atoms with Gasteiger partial charge in [0.05, 0.1) is 13.2 Å². The van der Waals surface area contributed by atoms with Gasteiger partial charge in [-0.3, -0.25) is 0 Å². The topological polar surface area (TPSA) is 43.4 Å². The summed E-state index contributed by atoms with van der Waals surface area (Å²) < 4.78 is 11.0. The maximum atomic E-state index is 5.67. The summed E-state index contributed by atoms with van der Waals surface area (Å²) in [6.45, 7) is 3.32. The van der Waals surface area contributed by atoms with Gasteiger partial charge >= 0.3 is 0 Å². The highest BCUT2D eigenvalue weighted by Crippen LogP contribution is 2.19. The van der Waals surface area contributed by atoms with Crippen LogP contribution in [0.25, 0.3) is 0 Å². The van der Waals surface area contributed by atoms with Crippen molar-refractivity contribution in [1.82, 2.24) is 10.3 Å². The van der Waals surface area contributed by atoms with Crippen molar-refractivity contribution in [1.29, 1.82) is 0 Å². The predicted octanol–water partition coefficient (Wildman–Crippen LogP) is 1.75. The van der Waals surface area contributed by atoms with Crippen LogP contribution in [-0.2, 0) is 11.3 Å². The lowest BCUT2D eigenvalue weighted by molar-refractivity contribution is 0.165. The van der Waals surface area contributed by atoms with E-state index in [-0.39, 0.29) is 0 Å². The van der Waals surface area contributed by atoms with Crippen molar-refractivity contribution in [2.45, 2.75) is 31.8 Å². The number of rotatable bonds is 6. The fourth-order valence-corrected chi connectivity index (χ4v) is 2.07. The van der Waals surface area contributed by atoms with E-state index in [9.17, 15) is 0 Å².